The number of amides is 2. The third-order valence-corrected chi connectivity index (χ3v) is 6.47. The predicted octanol–water partition coefficient (Wildman–Crippen LogP) is 2.07. The SMILES string of the molecule is CCC1CN(C(=O)C2CC2)CCC1CC(=O)N1CCC(C(=O)OC)CC1. The minimum atomic E-state index is -0.157. The molecule has 1 aliphatic carbocycles. The van der Waals surface area contributed by atoms with E-state index in [1.165, 1.54) is 7.11 Å². The van der Waals surface area contributed by atoms with E-state index in [2.05, 4.69) is 6.92 Å². The summed E-state index contributed by atoms with van der Waals surface area (Å²) in [6.07, 6.45) is 6.02. The van der Waals surface area contributed by atoms with Gasteiger partial charge in [-0.15, -0.1) is 0 Å². The lowest BCUT2D eigenvalue weighted by molar-refractivity contribution is -0.149. The highest BCUT2D eigenvalue weighted by Crippen LogP contribution is 2.35. The maximum Gasteiger partial charge on any atom is 0.308 e. The molecule has 26 heavy (non-hydrogen) atoms. The molecule has 0 aromatic carbocycles. The molecular weight excluding hydrogens is 332 g/mol. The van der Waals surface area contributed by atoms with E-state index in [0.29, 0.717) is 50.1 Å². The highest BCUT2D eigenvalue weighted by Gasteiger charge is 2.38. The molecule has 0 aromatic heterocycles. The standard InChI is InChI=1S/C20H32N2O4/c1-3-14-13-22(19(24)15-4-5-15)11-8-17(14)12-18(23)21-9-6-16(7-10-21)20(25)26-2/h14-17H,3-13H2,1-2H3. The first-order valence-electron chi connectivity index (χ1n) is 10.2. The quantitative estimate of drug-likeness (QED) is 0.701. The Morgan fingerprint density at radius 2 is 1.54 bits per heavy atom. The summed E-state index contributed by atoms with van der Waals surface area (Å²) in [5, 5.41) is 0. The number of nitrogens with zero attached hydrogens (tertiary/aromatic N) is 2. The van der Waals surface area contributed by atoms with Crippen LogP contribution in [-0.4, -0.2) is 60.9 Å². The summed E-state index contributed by atoms with van der Waals surface area (Å²) in [7, 11) is 1.42. The zero-order valence-electron chi connectivity index (χ0n) is 16.1. The molecule has 3 aliphatic rings. The van der Waals surface area contributed by atoms with Crippen LogP contribution in [0.4, 0.5) is 0 Å². The Labute approximate surface area is 156 Å². The highest BCUT2D eigenvalue weighted by molar-refractivity contribution is 5.81. The van der Waals surface area contributed by atoms with Crippen molar-refractivity contribution in [2.75, 3.05) is 33.3 Å². The molecule has 3 fully saturated rings. The maximum absolute atomic E-state index is 12.7. The summed E-state index contributed by atoms with van der Waals surface area (Å²) < 4.78 is 4.81. The van der Waals surface area contributed by atoms with Crippen LogP contribution in [0.5, 0.6) is 0 Å². The van der Waals surface area contributed by atoms with Gasteiger partial charge in [0.2, 0.25) is 11.8 Å². The average Bonchev–Trinajstić information content (AvgIpc) is 3.52. The Hall–Kier alpha value is -1.59. The molecule has 0 aromatic rings. The third-order valence-electron chi connectivity index (χ3n) is 6.47. The second-order valence-electron chi connectivity index (χ2n) is 8.16. The number of carbonyl (C=O) groups excluding carboxylic acids is 3. The van der Waals surface area contributed by atoms with Crippen molar-refractivity contribution < 1.29 is 19.1 Å². The molecule has 2 unspecified atom stereocenters. The van der Waals surface area contributed by atoms with Crippen LogP contribution >= 0.6 is 0 Å². The Kier molecular flexibility index (Phi) is 6.20. The fourth-order valence-electron chi connectivity index (χ4n) is 4.49. The summed E-state index contributed by atoms with van der Waals surface area (Å²) >= 11 is 0. The van der Waals surface area contributed by atoms with E-state index in [9.17, 15) is 14.4 Å². The van der Waals surface area contributed by atoms with Crippen LogP contribution in [0.15, 0.2) is 0 Å². The van der Waals surface area contributed by atoms with E-state index < -0.39 is 0 Å². The van der Waals surface area contributed by atoms with Crippen LogP contribution in [0, 0.1) is 23.7 Å². The monoisotopic (exact) mass is 364 g/mol. The molecule has 2 atom stereocenters. The van der Waals surface area contributed by atoms with Crippen LogP contribution in [0.1, 0.15) is 51.9 Å². The average molecular weight is 364 g/mol. The molecule has 0 bridgehead atoms. The lowest BCUT2D eigenvalue weighted by Crippen LogP contribution is -2.46. The Morgan fingerprint density at radius 3 is 2.12 bits per heavy atom. The smallest absolute Gasteiger partial charge is 0.308 e. The maximum atomic E-state index is 12.7. The van der Waals surface area contributed by atoms with Gasteiger partial charge in [0, 0.05) is 38.5 Å². The van der Waals surface area contributed by atoms with Gasteiger partial charge in [0.05, 0.1) is 13.0 Å². The number of rotatable bonds is 5. The van der Waals surface area contributed by atoms with E-state index in [0.717, 1.165) is 38.8 Å². The van der Waals surface area contributed by atoms with Crippen molar-refractivity contribution in [3.05, 3.63) is 0 Å². The van der Waals surface area contributed by atoms with Crippen LogP contribution in [-0.2, 0) is 19.1 Å². The van der Waals surface area contributed by atoms with E-state index in [-0.39, 0.29) is 23.7 Å². The fourth-order valence-corrected chi connectivity index (χ4v) is 4.49. The van der Waals surface area contributed by atoms with E-state index >= 15 is 0 Å². The highest BCUT2D eigenvalue weighted by atomic mass is 16.5. The van der Waals surface area contributed by atoms with Crippen molar-refractivity contribution in [3.8, 4) is 0 Å². The van der Waals surface area contributed by atoms with Crippen LogP contribution in [0.2, 0.25) is 0 Å². The number of ether oxygens (including phenoxy) is 1. The van der Waals surface area contributed by atoms with Gasteiger partial charge in [0.15, 0.2) is 0 Å². The number of likely N-dealkylation sites (tertiary alicyclic amines) is 2. The van der Waals surface area contributed by atoms with Gasteiger partial charge in [-0.3, -0.25) is 14.4 Å². The minimum absolute atomic E-state index is 0.0656. The Balaban J connectivity index is 1.48. The topological polar surface area (TPSA) is 66.9 Å². The Morgan fingerprint density at radius 1 is 0.885 bits per heavy atom. The first-order valence-corrected chi connectivity index (χ1v) is 10.2. The van der Waals surface area contributed by atoms with E-state index in [1.807, 2.05) is 9.80 Å². The molecule has 2 saturated heterocycles. The van der Waals surface area contributed by atoms with Crippen LogP contribution in [0.3, 0.4) is 0 Å². The van der Waals surface area contributed by atoms with Crippen molar-refractivity contribution in [2.45, 2.75) is 51.9 Å². The molecule has 0 spiro atoms. The lowest BCUT2D eigenvalue weighted by Gasteiger charge is -2.39. The largest absolute Gasteiger partial charge is 0.469 e. The molecule has 146 valence electrons. The van der Waals surface area contributed by atoms with Gasteiger partial charge in [-0.2, -0.15) is 0 Å². The zero-order chi connectivity index (χ0) is 18.7. The molecule has 6 nitrogen and oxygen atoms in total. The van der Waals surface area contributed by atoms with Crippen LogP contribution in [0.25, 0.3) is 0 Å². The molecular formula is C20H32N2O4. The molecule has 3 rings (SSSR count). The van der Waals surface area contributed by atoms with Gasteiger partial charge >= 0.3 is 5.97 Å². The molecule has 0 N–H and O–H groups in total. The first kappa shape index (κ1) is 19.2. The van der Waals surface area contributed by atoms with E-state index in [1.54, 1.807) is 0 Å². The molecule has 1 saturated carbocycles. The third kappa shape index (κ3) is 4.38. The number of carbonyl (C=O) groups is 3. The molecule has 2 heterocycles. The van der Waals surface area contributed by atoms with Gasteiger partial charge in [0.1, 0.15) is 0 Å². The van der Waals surface area contributed by atoms with Crippen molar-refractivity contribution in [1.82, 2.24) is 9.80 Å². The molecule has 0 radical (unpaired) electrons. The number of methoxy groups -OCH3 is 1. The van der Waals surface area contributed by atoms with Gasteiger partial charge < -0.3 is 14.5 Å². The number of hydrogen-bond donors (Lipinski definition) is 0. The summed E-state index contributed by atoms with van der Waals surface area (Å²) in [6, 6.07) is 0. The fraction of sp³-hybridized carbons (Fsp3) is 0.850. The summed E-state index contributed by atoms with van der Waals surface area (Å²) in [4.78, 5) is 40.6. The van der Waals surface area contributed by atoms with Crippen molar-refractivity contribution in [1.29, 1.82) is 0 Å². The molecule has 2 amide bonds. The zero-order valence-corrected chi connectivity index (χ0v) is 16.1. The van der Waals surface area contributed by atoms with E-state index in [4.69, 9.17) is 4.74 Å². The second-order valence-corrected chi connectivity index (χ2v) is 8.16. The normalized spacial score (nSPS) is 27.3. The minimum Gasteiger partial charge on any atom is -0.469 e. The number of hydrogen-bond acceptors (Lipinski definition) is 4. The van der Waals surface area contributed by atoms with Gasteiger partial charge in [-0.05, 0) is 43.9 Å². The van der Waals surface area contributed by atoms with Crippen molar-refractivity contribution in [3.63, 3.8) is 0 Å². The summed E-state index contributed by atoms with van der Waals surface area (Å²) in [5.41, 5.74) is 0. The molecule has 2 aliphatic heterocycles. The first-order chi connectivity index (χ1) is 12.5. The van der Waals surface area contributed by atoms with Gasteiger partial charge in [-0.25, -0.2) is 0 Å². The Bertz CT molecular complexity index is 538. The van der Waals surface area contributed by atoms with Gasteiger partial charge in [-0.1, -0.05) is 13.3 Å². The van der Waals surface area contributed by atoms with Crippen LogP contribution < -0.4 is 0 Å². The van der Waals surface area contributed by atoms with Gasteiger partial charge in [0.25, 0.3) is 0 Å². The second kappa shape index (κ2) is 8.40. The van der Waals surface area contributed by atoms with Crippen molar-refractivity contribution >= 4 is 17.8 Å². The number of piperidine rings is 2. The number of esters is 1. The molecule has 6 heteroatoms. The summed E-state index contributed by atoms with van der Waals surface area (Å²) in [6.45, 7) is 5.07. The van der Waals surface area contributed by atoms with Crippen molar-refractivity contribution in [2.24, 2.45) is 23.7 Å². The summed E-state index contributed by atoms with van der Waals surface area (Å²) in [5.74, 6) is 1.38. The lowest BCUT2D eigenvalue weighted by atomic mass is 9.81. The predicted molar refractivity (Wildman–Crippen MR) is 97.1 cm³/mol.